The molecule has 3 aromatic rings. The number of anilines is 2. The molecule has 180 valence electrons. The van der Waals surface area contributed by atoms with Crippen LogP contribution in [-0.2, 0) is 10.0 Å². The van der Waals surface area contributed by atoms with E-state index in [1.165, 1.54) is 12.1 Å². The number of ether oxygens (including phenoxy) is 1. The second-order valence-corrected chi connectivity index (χ2v) is 11.1. The molecule has 0 unspecified atom stereocenters. The highest BCUT2D eigenvalue weighted by atomic mass is 79.9. The number of amides is 1. The van der Waals surface area contributed by atoms with Crippen molar-refractivity contribution in [2.45, 2.75) is 39.0 Å². The molecular weight excluding hydrogens is 516 g/mol. The van der Waals surface area contributed by atoms with Crippen LogP contribution in [0.5, 0.6) is 5.75 Å². The number of rotatable bonds is 9. The quantitative estimate of drug-likeness (QED) is 0.320. The van der Waals surface area contributed by atoms with Crippen LogP contribution in [0.4, 0.5) is 11.4 Å². The topological polar surface area (TPSA) is 84.5 Å². The van der Waals surface area contributed by atoms with Crippen LogP contribution in [0.1, 0.15) is 41.8 Å². The molecule has 1 amide bonds. The molecule has 0 aliphatic heterocycles. The fourth-order valence-electron chi connectivity index (χ4n) is 3.25. The van der Waals surface area contributed by atoms with Gasteiger partial charge in [0.15, 0.2) is 0 Å². The van der Waals surface area contributed by atoms with Crippen LogP contribution in [0.15, 0.2) is 70.0 Å². The van der Waals surface area contributed by atoms with Gasteiger partial charge < -0.3 is 10.1 Å². The summed E-state index contributed by atoms with van der Waals surface area (Å²) in [5, 5.41) is 2.79. The van der Waals surface area contributed by atoms with Crippen molar-refractivity contribution >= 4 is 43.2 Å². The minimum atomic E-state index is -3.76. The van der Waals surface area contributed by atoms with Crippen molar-refractivity contribution < 1.29 is 17.9 Å². The number of sulfonamides is 1. The minimum absolute atomic E-state index is 0.110. The first-order valence-corrected chi connectivity index (χ1v) is 13.3. The van der Waals surface area contributed by atoms with E-state index < -0.39 is 10.0 Å². The molecule has 0 fully saturated rings. The summed E-state index contributed by atoms with van der Waals surface area (Å²) in [4.78, 5) is 12.8. The maximum atomic E-state index is 12.8. The van der Waals surface area contributed by atoms with E-state index >= 15 is 0 Å². The van der Waals surface area contributed by atoms with Gasteiger partial charge in [-0.05, 0) is 95.7 Å². The van der Waals surface area contributed by atoms with Crippen LogP contribution in [0, 0.1) is 19.8 Å². The summed E-state index contributed by atoms with van der Waals surface area (Å²) in [5.74, 6) is 0.925. The smallest absolute Gasteiger partial charge is 0.261 e. The molecule has 8 heteroatoms. The Kier molecular flexibility index (Phi) is 8.38. The van der Waals surface area contributed by atoms with Gasteiger partial charge in [-0.2, -0.15) is 0 Å². The molecule has 34 heavy (non-hydrogen) atoms. The Morgan fingerprint density at radius 3 is 2.24 bits per heavy atom. The summed E-state index contributed by atoms with van der Waals surface area (Å²) in [7, 11) is -3.76. The van der Waals surface area contributed by atoms with Gasteiger partial charge in [-0.25, -0.2) is 8.42 Å². The Morgan fingerprint density at radius 2 is 1.65 bits per heavy atom. The van der Waals surface area contributed by atoms with Gasteiger partial charge in [-0.15, -0.1) is 0 Å². The Bertz CT molecular complexity index is 1250. The van der Waals surface area contributed by atoms with Crippen LogP contribution in [0.25, 0.3) is 0 Å². The van der Waals surface area contributed by atoms with E-state index in [9.17, 15) is 13.2 Å². The van der Waals surface area contributed by atoms with Crippen molar-refractivity contribution in [3.8, 4) is 5.75 Å². The summed E-state index contributed by atoms with van der Waals surface area (Å²) in [5.41, 5.74) is 3.20. The van der Waals surface area contributed by atoms with E-state index in [0.29, 0.717) is 39.7 Å². The molecule has 0 saturated carbocycles. The fraction of sp³-hybridized carbons (Fsp3) is 0.269. The molecule has 0 bridgehead atoms. The summed E-state index contributed by atoms with van der Waals surface area (Å²) in [6.07, 6.45) is 0.945. The molecule has 0 aliphatic carbocycles. The van der Waals surface area contributed by atoms with Crippen molar-refractivity contribution in [3.63, 3.8) is 0 Å². The van der Waals surface area contributed by atoms with E-state index in [4.69, 9.17) is 4.74 Å². The van der Waals surface area contributed by atoms with E-state index in [2.05, 4.69) is 39.8 Å². The van der Waals surface area contributed by atoms with Crippen molar-refractivity contribution in [2.24, 2.45) is 5.92 Å². The molecule has 3 rings (SSSR count). The zero-order valence-electron chi connectivity index (χ0n) is 19.7. The van der Waals surface area contributed by atoms with E-state index in [1.807, 2.05) is 32.0 Å². The number of carbonyl (C=O) groups excluding carboxylic acids is 1. The first-order valence-electron chi connectivity index (χ1n) is 11.0. The largest absolute Gasteiger partial charge is 0.492 e. The molecule has 0 aromatic heterocycles. The Labute approximate surface area is 209 Å². The first-order chi connectivity index (χ1) is 16.1. The molecule has 0 atom stereocenters. The first kappa shape index (κ1) is 25.8. The van der Waals surface area contributed by atoms with Gasteiger partial charge in [0.05, 0.1) is 21.7 Å². The molecule has 0 aliphatic rings. The maximum Gasteiger partial charge on any atom is 0.261 e. The number of para-hydroxylation sites is 1. The van der Waals surface area contributed by atoms with Crippen LogP contribution >= 0.6 is 15.9 Å². The normalized spacial score (nSPS) is 11.4. The van der Waals surface area contributed by atoms with Gasteiger partial charge in [0.25, 0.3) is 15.9 Å². The highest BCUT2D eigenvalue weighted by molar-refractivity contribution is 9.10. The van der Waals surface area contributed by atoms with Gasteiger partial charge in [-0.3, -0.25) is 9.52 Å². The SMILES string of the molecule is Cc1cccc(C)c1NS(=O)(=O)c1ccc(NC(=O)c2ccc(OCCC(C)C)c(Br)c2)cc1. The zero-order valence-corrected chi connectivity index (χ0v) is 22.1. The second kappa shape index (κ2) is 11.1. The van der Waals surface area contributed by atoms with Crippen molar-refractivity contribution in [3.05, 3.63) is 81.8 Å². The average Bonchev–Trinajstić information content (AvgIpc) is 2.77. The summed E-state index contributed by atoms with van der Waals surface area (Å²) in [6, 6.07) is 16.8. The molecule has 0 heterocycles. The van der Waals surface area contributed by atoms with Gasteiger partial charge in [0, 0.05) is 11.3 Å². The summed E-state index contributed by atoms with van der Waals surface area (Å²) < 4.78 is 34.8. The Morgan fingerprint density at radius 1 is 1.00 bits per heavy atom. The summed E-state index contributed by atoms with van der Waals surface area (Å²) >= 11 is 3.46. The predicted octanol–water partition coefficient (Wildman–Crippen LogP) is 6.54. The van der Waals surface area contributed by atoms with Gasteiger partial charge >= 0.3 is 0 Å². The molecule has 0 spiro atoms. The number of hydrogen-bond donors (Lipinski definition) is 2. The lowest BCUT2D eigenvalue weighted by atomic mass is 10.1. The zero-order chi connectivity index (χ0) is 24.9. The van der Waals surface area contributed by atoms with Gasteiger partial charge in [0.2, 0.25) is 0 Å². The van der Waals surface area contributed by atoms with Crippen LogP contribution in [0.2, 0.25) is 0 Å². The van der Waals surface area contributed by atoms with E-state index in [-0.39, 0.29) is 10.8 Å². The van der Waals surface area contributed by atoms with Gasteiger partial charge in [0.1, 0.15) is 5.75 Å². The summed E-state index contributed by atoms with van der Waals surface area (Å²) in [6.45, 7) is 8.58. The Balaban J connectivity index is 1.67. The lowest BCUT2D eigenvalue weighted by Crippen LogP contribution is -2.15. The number of nitrogens with one attached hydrogen (secondary N) is 2. The third-order valence-electron chi connectivity index (χ3n) is 5.29. The van der Waals surface area contributed by atoms with Crippen molar-refractivity contribution in [1.29, 1.82) is 0 Å². The number of aryl methyl sites for hydroxylation is 2. The molecule has 2 N–H and O–H groups in total. The van der Waals surface area contributed by atoms with E-state index in [0.717, 1.165) is 17.5 Å². The lowest BCUT2D eigenvalue weighted by Gasteiger charge is -2.14. The van der Waals surface area contributed by atoms with E-state index in [1.54, 1.807) is 30.3 Å². The number of hydrogen-bond acceptors (Lipinski definition) is 4. The molecule has 6 nitrogen and oxygen atoms in total. The molecule has 3 aromatic carbocycles. The minimum Gasteiger partial charge on any atom is -0.492 e. The molecule has 0 saturated heterocycles. The fourth-order valence-corrected chi connectivity index (χ4v) is 4.95. The third-order valence-corrected chi connectivity index (χ3v) is 7.27. The highest BCUT2D eigenvalue weighted by Crippen LogP contribution is 2.27. The number of halogens is 1. The van der Waals surface area contributed by atoms with Crippen molar-refractivity contribution in [1.82, 2.24) is 0 Å². The molecular formula is C26H29BrN2O4S. The van der Waals surface area contributed by atoms with Crippen LogP contribution in [-0.4, -0.2) is 20.9 Å². The Hall–Kier alpha value is -2.84. The maximum absolute atomic E-state index is 12.8. The predicted molar refractivity (Wildman–Crippen MR) is 140 cm³/mol. The number of carbonyl (C=O) groups is 1. The lowest BCUT2D eigenvalue weighted by molar-refractivity contribution is 0.102. The van der Waals surface area contributed by atoms with Crippen LogP contribution in [0.3, 0.4) is 0 Å². The van der Waals surface area contributed by atoms with Crippen LogP contribution < -0.4 is 14.8 Å². The standard InChI is InChI=1S/C26H29BrN2O4S/c1-17(2)14-15-33-24-13-8-20(16-23(24)27)26(30)28-21-9-11-22(12-10-21)34(31,32)29-25-18(3)6-5-7-19(25)4/h5-13,16-17,29H,14-15H2,1-4H3,(H,28,30). The second-order valence-electron chi connectivity index (χ2n) is 8.53. The average molecular weight is 545 g/mol. The molecule has 0 radical (unpaired) electrons. The number of benzene rings is 3. The highest BCUT2D eigenvalue weighted by Gasteiger charge is 2.17. The monoisotopic (exact) mass is 544 g/mol. The van der Waals surface area contributed by atoms with Gasteiger partial charge in [-0.1, -0.05) is 32.0 Å². The third kappa shape index (κ3) is 6.61. The van der Waals surface area contributed by atoms with Crippen molar-refractivity contribution in [2.75, 3.05) is 16.6 Å².